The number of phenols is 2. The van der Waals surface area contributed by atoms with Crippen molar-refractivity contribution in [2.45, 2.75) is 25.7 Å². The molecule has 0 unspecified atom stereocenters. The van der Waals surface area contributed by atoms with E-state index < -0.39 is 0 Å². The maximum absolute atomic E-state index is 10.8. The number of hydrogen-bond acceptors (Lipinski definition) is 10. The minimum Gasteiger partial charge on any atom is -0.504 e. The van der Waals surface area contributed by atoms with E-state index in [1.807, 2.05) is 36.4 Å². The van der Waals surface area contributed by atoms with Gasteiger partial charge in [-0.1, -0.05) is 0 Å². The third-order valence-electron chi connectivity index (χ3n) is 7.91. The molecule has 0 bridgehead atoms. The Morgan fingerprint density at radius 3 is 0.935 bits per heavy atom. The van der Waals surface area contributed by atoms with Gasteiger partial charge in [0.25, 0.3) is 0 Å². The Bertz CT molecular complexity index is 1490. The van der Waals surface area contributed by atoms with Crippen LogP contribution in [0.4, 0.5) is 0 Å². The summed E-state index contributed by atoms with van der Waals surface area (Å²) in [7, 11) is 12.5. The van der Waals surface area contributed by atoms with E-state index in [0.29, 0.717) is 71.7 Å². The summed E-state index contributed by atoms with van der Waals surface area (Å²) in [4.78, 5) is 0. The van der Waals surface area contributed by atoms with Gasteiger partial charge in [0.1, 0.15) is 0 Å². The van der Waals surface area contributed by atoms with Gasteiger partial charge in [-0.15, -0.1) is 0 Å². The fraction of sp³-hybridized carbons (Fsp3) is 0.333. The van der Waals surface area contributed by atoms with Crippen molar-refractivity contribution >= 4 is 0 Å². The highest BCUT2D eigenvalue weighted by Crippen LogP contribution is 2.43. The van der Waals surface area contributed by atoms with Crippen molar-refractivity contribution in [3.8, 4) is 68.6 Å². The summed E-state index contributed by atoms with van der Waals surface area (Å²) in [6.45, 7) is 0. The number of aromatic hydroxyl groups is 2. The molecule has 0 radical (unpaired) electrons. The van der Waals surface area contributed by atoms with Crippen LogP contribution in [0.3, 0.4) is 0 Å². The molecular weight excluding hydrogens is 592 g/mol. The second-order valence-corrected chi connectivity index (χ2v) is 10.4. The van der Waals surface area contributed by atoms with E-state index >= 15 is 0 Å². The monoisotopic (exact) mass is 634 g/mol. The van der Waals surface area contributed by atoms with Crippen LogP contribution in [0, 0.1) is 0 Å². The van der Waals surface area contributed by atoms with Crippen LogP contribution in [-0.4, -0.2) is 67.1 Å². The molecule has 10 nitrogen and oxygen atoms in total. The van der Waals surface area contributed by atoms with E-state index in [-0.39, 0.29) is 11.5 Å². The average Bonchev–Trinajstić information content (AvgIpc) is 3.08. The van der Waals surface area contributed by atoms with Gasteiger partial charge in [-0.05, 0) is 108 Å². The molecule has 0 aliphatic rings. The molecule has 0 spiro atoms. The fourth-order valence-electron chi connectivity index (χ4n) is 5.58. The number of aryl methyl sites for hydroxylation is 4. The van der Waals surface area contributed by atoms with E-state index in [9.17, 15) is 10.2 Å². The first-order valence-corrected chi connectivity index (χ1v) is 14.6. The first-order chi connectivity index (χ1) is 22.2. The lowest BCUT2D eigenvalue weighted by Gasteiger charge is -2.19. The minimum absolute atomic E-state index is 0.0239. The van der Waals surface area contributed by atoms with Crippen LogP contribution in [0.25, 0.3) is 11.1 Å². The van der Waals surface area contributed by atoms with Gasteiger partial charge in [0.05, 0.1) is 56.9 Å². The zero-order valence-corrected chi connectivity index (χ0v) is 27.6. The summed E-state index contributed by atoms with van der Waals surface area (Å²) < 4.78 is 44.2. The molecule has 0 aliphatic carbocycles. The first kappa shape index (κ1) is 33.8. The van der Waals surface area contributed by atoms with Gasteiger partial charge in [-0.25, -0.2) is 0 Å². The molecule has 0 amide bonds. The van der Waals surface area contributed by atoms with Gasteiger partial charge in [0.2, 0.25) is 11.5 Å². The Hall–Kier alpha value is -5.12. The quantitative estimate of drug-likeness (QED) is 0.152. The molecule has 0 aliphatic heterocycles. The van der Waals surface area contributed by atoms with Gasteiger partial charge in [-0.2, -0.15) is 0 Å². The minimum atomic E-state index is 0.0239. The molecule has 246 valence electrons. The molecule has 0 aromatic heterocycles. The number of phenolic OH excluding ortho intramolecular Hbond substituents is 2. The highest BCUT2D eigenvalue weighted by molar-refractivity contribution is 5.76. The van der Waals surface area contributed by atoms with Crippen molar-refractivity contribution in [1.29, 1.82) is 0 Å². The molecular formula is C36H42O10. The first-order valence-electron chi connectivity index (χ1n) is 14.6. The molecule has 0 saturated heterocycles. The molecule has 4 rings (SSSR count). The average molecular weight is 635 g/mol. The number of ether oxygens (including phenoxy) is 8. The lowest BCUT2D eigenvalue weighted by atomic mass is 9.89. The smallest absolute Gasteiger partial charge is 0.203 e. The Morgan fingerprint density at radius 1 is 0.370 bits per heavy atom. The van der Waals surface area contributed by atoms with Crippen molar-refractivity contribution < 1.29 is 48.1 Å². The van der Waals surface area contributed by atoms with Crippen molar-refractivity contribution in [3.63, 3.8) is 0 Å². The van der Waals surface area contributed by atoms with Crippen LogP contribution in [-0.2, 0) is 25.7 Å². The molecule has 10 heteroatoms. The van der Waals surface area contributed by atoms with Crippen LogP contribution in [0.15, 0.2) is 48.5 Å². The Labute approximate surface area is 269 Å². The van der Waals surface area contributed by atoms with Gasteiger partial charge in [0, 0.05) is 0 Å². The number of methoxy groups -OCH3 is 8. The molecule has 46 heavy (non-hydrogen) atoms. The summed E-state index contributed by atoms with van der Waals surface area (Å²) in [6.07, 6.45) is 2.32. The second kappa shape index (κ2) is 15.2. The van der Waals surface area contributed by atoms with Crippen LogP contribution in [0.1, 0.15) is 22.3 Å². The van der Waals surface area contributed by atoms with Crippen LogP contribution < -0.4 is 37.9 Å². The lowest BCUT2D eigenvalue weighted by Crippen LogP contribution is -2.02. The van der Waals surface area contributed by atoms with Gasteiger partial charge >= 0.3 is 0 Å². The third kappa shape index (κ3) is 7.06. The summed E-state index contributed by atoms with van der Waals surface area (Å²) in [5.41, 5.74) is 5.33. The van der Waals surface area contributed by atoms with Gasteiger partial charge in [0.15, 0.2) is 46.0 Å². The van der Waals surface area contributed by atoms with E-state index in [1.165, 1.54) is 14.2 Å². The normalized spacial score (nSPS) is 10.7. The highest BCUT2D eigenvalue weighted by Gasteiger charge is 2.20. The van der Waals surface area contributed by atoms with Crippen molar-refractivity contribution in [2.24, 2.45) is 0 Å². The van der Waals surface area contributed by atoms with Crippen LogP contribution in [0.5, 0.6) is 57.5 Å². The molecule has 0 fully saturated rings. The standard InChI is InChI=1S/C36H42O10/c1-39-29-19-25(23(17-27(29)37)11-9-21-13-31(41-3)35(45-7)32(14-21)42-4)26-20-30(40-2)28(38)18-24(26)12-10-22-15-33(43-5)36(46-8)34(16-22)44-6/h13-20,37-38H,9-12H2,1-8H3. The zero-order valence-electron chi connectivity index (χ0n) is 27.6. The predicted molar refractivity (Wildman–Crippen MR) is 175 cm³/mol. The summed E-state index contributed by atoms with van der Waals surface area (Å²) in [5, 5.41) is 21.6. The van der Waals surface area contributed by atoms with Crippen molar-refractivity contribution in [3.05, 3.63) is 70.8 Å². The molecule has 2 N–H and O–H groups in total. The van der Waals surface area contributed by atoms with E-state index in [0.717, 1.165) is 33.4 Å². The fourth-order valence-corrected chi connectivity index (χ4v) is 5.58. The van der Waals surface area contributed by atoms with E-state index in [1.54, 1.807) is 54.8 Å². The van der Waals surface area contributed by atoms with Crippen molar-refractivity contribution in [1.82, 2.24) is 0 Å². The number of rotatable bonds is 15. The van der Waals surface area contributed by atoms with E-state index in [4.69, 9.17) is 37.9 Å². The molecule has 0 heterocycles. The molecule has 4 aromatic rings. The molecule has 4 aromatic carbocycles. The predicted octanol–water partition coefficient (Wildman–Crippen LogP) is 6.40. The lowest BCUT2D eigenvalue weighted by molar-refractivity contribution is 0.323. The molecule has 0 saturated carbocycles. The molecule has 0 atom stereocenters. The van der Waals surface area contributed by atoms with E-state index in [2.05, 4.69) is 0 Å². The zero-order chi connectivity index (χ0) is 33.4. The topological polar surface area (TPSA) is 114 Å². The summed E-state index contributed by atoms with van der Waals surface area (Å²) in [6, 6.07) is 14.7. The van der Waals surface area contributed by atoms with Crippen LogP contribution in [0.2, 0.25) is 0 Å². The largest absolute Gasteiger partial charge is 0.504 e. The van der Waals surface area contributed by atoms with Gasteiger partial charge < -0.3 is 48.1 Å². The third-order valence-corrected chi connectivity index (χ3v) is 7.91. The number of benzene rings is 4. The Morgan fingerprint density at radius 2 is 0.674 bits per heavy atom. The SMILES string of the molecule is COc1cc(-c2cc(OC)c(O)cc2CCc2cc(OC)c(OC)c(OC)c2)c(CCc2cc(OC)c(OC)c(OC)c2)cc1O. The van der Waals surface area contributed by atoms with Gasteiger partial charge in [-0.3, -0.25) is 0 Å². The Kier molecular flexibility index (Phi) is 11.2. The maximum Gasteiger partial charge on any atom is 0.203 e. The summed E-state index contributed by atoms with van der Waals surface area (Å²) >= 11 is 0. The summed E-state index contributed by atoms with van der Waals surface area (Å²) in [5.74, 6) is 3.99. The maximum atomic E-state index is 10.8. The van der Waals surface area contributed by atoms with Crippen molar-refractivity contribution in [2.75, 3.05) is 56.9 Å². The number of hydrogen-bond donors (Lipinski definition) is 2. The highest BCUT2D eigenvalue weighted by atomic mass is 16.5. The Balaban J connectivity index is 1.78. The second-order valence-electron chi connectivity index (χ2n) is 10.4. The van der Waals surface area contributed by atoms with Crippen LogP contribution >= 0.6 is 0 Å².